The lowest BCUT2D eigenvalue weighted by molar-refractivity contribution is -0.140. The van der Waals surface area contributed by atoms with Crippen molar-refractivity contribution in [1.82, 2.24) is 10.2 Å². The molecule has 0 saturated heterocycles. The number of ether oxygens (including phenoxy) is 1. The van der Waals surface area contributed by atoms with Crippen molar-refractivity contribution >= 4 is 12.0 Å². The topological polar surface area (TPSA) is 78.9 Å². The van der Waals surface area contributed by atoms with E-state index in [1.807, 2.05) is 0 Å². The van der Waals surface area contributed by atoms with E-state index >= 15 is 0 Å². The molecule has 0 aromatic rings. The molecule has 6 nitrogen and oxygen atoms in total. The van der Waals surface area contributed by atoms with Crippen LogP contribution in [-0.2, 0) is 9.53 Å². The molecule has 17 heavy (non-hydrogen) atoms. The predicted octanol–water partition coefficient (Wildman–Crippen LogP) is 0.773. The fourth-order valence-corrected chi connectivity index (χ4v) is 1.30. The molecule has 0 aromatic heterocycles. The molecule has 0 rings (SSSR count). The molecule has 0 heterocycles. The first-order chi connectivity index (χ1) is 7.90. The average molecular weight is 246 g/mol. The second-order valence-corrected chi connectivity index (χ2v) is 4.28. The van der Waals surface area contributed by atoms with Crippen LogP contribution in [0.5, 0.6) is 0 Å². The summed E-state index contributed by atoms with van der Waals surface area (Å²) in [6, 6.07) is -1.23. The lowest BCUT2D eigenvalue weighted by atomic mass is 10.1. The molecule has 0 bridgehead atoms. The van der Waals surface area contributed by atoms with Gasteiger partial charge in [0.05, 0.1) is 0 Å². The van der Waals surface area contributed by atoms with E-state index in [0.29, 0.717) is 13.2 Å². The van der Waals surface area contributed by atoms with Crippen molar-refractivity contribution in [1.29, 1.82) is 0 Å². The van der Waals surface area contributed by atoms with Crippen LogP contribution in [0.15, 0.2) is 0 Å². The minimum absolute atomic E-state index is 0.149. The van der Waals surface area contributed by atoms with Gasteiger partial charge in [-0.05, 0) is 12.3 Å². The minimum Gasteiger partial charge on any atom is -0.480 e. The van der Waals surface area contributed by atoms with Gasteiger partial charge in [-0.3, -0.25) is 0 Å². The molecule has 0 aromatic carbocycles. The monoisotopic (exact) mass is 246 g/mol. The molecule has 0 aliphatic heterocycles. The summed E-state index contributed by atoms with van der Waals surface area (Å²) in [5, 5.41) is 11.4. The van der Waals surface area contributed by atoms with Crippen LogP contribution in [0.4, 0.5) is 4.79 Å². The highest BCUT2D eigenvalue weighted by molar-refractivity contribution is 5.82. The summed E-state index contributed by atoms with van der Waals surface area (Å²) >= 11 is 0. The van der Waals surface area contributed by atoms with E-state index in [9.17, 15) is 9.59 Å². The third-order valence-electron chi connectivity index (χ3n) is 2.40. The zero-order chi connectivity index (χ0) is 13.4. The van der Waals surface area contributed by atoms with Crippen LogP contribution in [0.3, 0.4) is 0 Å². The van der Waals surface area contributed by atoms with E-state index < -0.39 is 12.0 Å². The van der Waals surface area contributed by atoms with Crippen molar-refractivity contribution in [2.24, 2.45) is 5.92 Å². The highest BCUT2D eigenvalue weighted by Crippen LogP contribution is 2.02. The van der Waals surface area contributed by atoms with Crippen LogP contribution in [0.25, 0.3) is 0 Å². The number of aliphatic carboxylic acids is 1. The standard InChI is InChI=1S/C11H22N2O4/c1-8(2)9(10(14)15)12-11(16)13(3)6-5-7-17-4/h8-9H,5-7H2,1-4H3,(H,12,16)(H,14,15)/t9-/m0/s1. The molecule has 0 aliphatic carbocycles. The van der Waals surface area contributed by atoms with Crippen molar-refractivity contribution < 1.29 is 19.4 Å². The summed E-state index contributed by atoms with van der Waals surface area (Å²) in [7, 11) is 3.23. The first-order valence-corrected chi connectivity index (χ1v) is 5.63. The van der Waals surface area contributed by atoms with Crippen molar-refractivity contribution in [3.8, 4) is 0 Å². The third kappa shape index (κ3) is 6.11. The lowest BCUT2D eigenvalue weighted by Crippen LogP contribution is -2.49. The number of carbonyl (C=O) groups excluding carboxylic acids is 1. The van der Waals surface area contributed by atoms with Gasteiger partial charge in [0.25, 0.3) is 0 Å². The molecular formula is C11H22N2O4. The normalized spacial score (nSPS) is 12.3. The van der Waals surface area contributed by atoms with Gasteiger partial charge in [-0.25, -0.2) is 9.59 Å². The Labute approximate surface area is 102 Å². The van der Waals surface area contributed by atoms with Crippen LogP contribution in [-0.4, -0.2) is 55.4 Å². The molecule has 2 N–H and O–H groups in total. The molecule has 0 fully saturated rings. The number of methoxy groups -OCH3 is 1. The van der Waals surface area contributed by atoms with Crippen LogP contribution in [0.1, 0.15) is 20.3 Å². The fourth-order valence-electron chi connectivity index (χ4n) is 1.30. The fraction of sp³-hybridized carbons (Fsp3) is 0.818. The van der Waals surface area contributed by atoms with Crippen LogP contribution >= 0.6 is 0 Å². The molecule has 0 saturated carbocycles. The maximum absolute atomic E-state index is 11.7. The van der Waals surface area contributed by atoms with E-state index in [4.69, 9.17) is 9.84 Å². The summed E-state index contributed by atoms with van der Waals surface area (Å²) < 4.78 is 4.88. The van der Waals surface area contributed by atoms with Gasteiger partial charge in [-0.1, -0.05) is 13.8 Å². The molecule has 2 amide bonds. The van der Waals surface area contributed by atoms with Gasteiger partial charge in [0.1, 0.15) is 6.04 Å². The van der Waals surface area contributed by atoms with E-state index in [-0.39, 0.29) is 11.9 Å². The number of urea groups is 1. The van der Waals surface area contributed by atoms with Gasteiger partial charge in [0.2, 0.25) is 0 Å². The van der Waals surface area contributed by atoms with Gasteiger partial charge in [-0.2, -0.15) is 0 Å². The van der Waals surface area contributed by atoms with E-state index in [1.165, 1.54) is 4.90 Å². The number of nitrogens with zero attached hydrogens (tertiary/aromatic N) is 1. The minimum atomic E-state index is -1.02. The molecule has 0 unspecified atom stereocenters. The molecule has 0 aliphatic rings. The molecule has 100 valence electrons. The predicted molar refractivity (Wildman–Crippen MR) is 63.9 cm³/mol. The van der Waals surface area contributed by atoms with Crippen molar-refractivity contribution in [3.05, 3.63) is 0 Å². The summed E-state index contributed by atoms with van der Waals surface area (Å²) in [5.74, 6) is -1.16. The Morgan fingerprint density at radius 3 is 2.41 bits per heavy atom. The second kappa shape index (κ2) is 7.89. The molecule has 0 radical (unpaired) electrons. The summed E-state index contributed by atoms with van der Waals surface area (Å²) in [4.78, 5) is 24.0. The van der Waals surface area contributed by atoms with Gasteiger partial charge >= 0.3 is 12.0 Å². The largest absolute Gasteiger partial charge is 0.480 e. The summed E-state index contributed by atoms with van der Waals surface area (Å²) in [6.07, 6.45) is 0.722. The SMILES string of the molecule is COCCCN(C)C(=O)N[C@H](C(=O)O)C(C)C. The second-order valence-electron chi connectivity index (χ2n) is 4.28. The summed E-state index contributed by atoms with van der Waals surface area (Å²) in [5.41, 5.74) is 0. The Morgan fingerprint density at radius 1 is 1.41 bits per heavy atom. The van der Waals surface area contributed by atoms with Gasteiger partial charge in [0, 0.05) is 27.3 Å². The number of hydrogen-bond donors (Lipinski definition) is 2. The Balaban J connectivity index is 4.16. The zero-order valence-corrected chi connectivity index (χ0v) is 10.9. The van der Waals surface area contributed by atoms with E-state index in [1.54, 1.807) is 28.0 Å². The molecule has 6 heteroatoms. The number of hydrogen-bond acceptors (Lipinski definition) is 3. The van der Waals surface area contributed by atoms with Crippen molar-refractivity contribution in [2.45, 2.75) is 26.3 Å². The first kappa shape index (κ1) is 15.7. The number of carboxylic acid groups (broad SMARTS) is 1. The Bertz CT molecular complexity index is 256. The van der Waals surface area contributed by atoms with Crippen LogP contribution in [0, 0.1) is 5.92 Å². The zero-order valence-electron chi connectivity index (χ0n) is 10.9. The number of amides is 2. The lowest BCUT2D eigenvalue weighted by Gasteiger charge is -2.23. The van der Waals surface area contributed by atoms with Crippen molar-refractivity contribution in [2.75, 3.05) is 27.3 Å². The maximum Gasteiger partial charge on any atom is 0.326 e. The third-order valence-corrected chi connectivity index (χ3v) is 2.40. The van der Waals surface area contributed by atoms with E-state index in [2.05, 4.69) is 5.32 Å². The van der Waals surface area contributed by atoms with Crippen LogP contribution in [0.2, 0.25) is 0 Å². The number of rotatable bonds is 7. The number of carbonyl (C=O) groups is 2. The Hall–Kier alpha value is -1.30. The van der Waals surface area contributed by atoms with Crippen molar-refractivity contribution in [3.63, 3.8) is 0 Å². The van der Waals surface area contributed by atoms with Gasteiger partial charge < -0.3 is 20.1 Å². The Kier molecular flexibility index (Phi) is 7.29. The Morgan fingerprint density at radius 2 is 2.00 bits per heavy atom. The maximum atomic E-state index is 11.7. The first-order valence-electron chi connectivity index (χ1n) is 5.63. The highest BCUT2D eigenvalue weighted by Gasteiger charge is 2.24. The summed E-state index contributed by atoms with van der Waals surface area (Å²) in [6.45, 7) is 4.61. The number of carboxylic acids is 1. The molecule has 1 atom stereocenters. The van der Waals surface area contributed by atoms with Gasteiger partial charge in [0.15, 0.2) is 0 Å². The number of nitrogens with one attached hydrogen (secondary N) is 1. The highest BCUT2D eigenvalue weighted by atomic mass is 16.5. The van der Waals surface area contributed by atoms with Gasteiger partial charge in [-0.15, -0.1) is 0 Å². The van der Waals surface area contributed by atoms with Crippen LogP contribution < -0.4 is 5.32 Å². The molecule has 0 spiro atoms. The molecular weight excluding hydrogens is 224 g/mol. The van der Waals surface area contributed by atoms with E-state index in [0.717, 1.165) is 6.42 Å². The average Bonchev–Trinajstić information content (AvgIpc) is 2.24. The quantitative estimate of drug-likeness (QED) is 0.650. The smallest absolute Gasteiger partial charge is 0.326 e.